The Labute approximate surface area is 104 Å². The lowest BCUT2D eigenvalue weighted by Gasteiger charge is -2.30. The Morgan fingerprint density at radius 2 is 1.94 bits per heavy atom. The molecule has 1 aliphatic heterocycles. The molecule has 0 aromatic carbocycles. The normalized spacial score (nSPS) is 18.9. The van der Waals surface area contributed by atoms with Gasteiger partial charge < -0.3 is 14.8 Å². The Bertz CT molecular complexity index is 254. The van der Waals surface area contributed by atoms with Crippen LogP contribution >= 0.6 is 0 Å². The topological polar surface area (TPSA) is 47.6 Å². The molecule has 0 aromatic heterocycles. The Balaban J connectivity index is 2.43. The molecule has 1 aliphatic rings. The van der Waals surface area contributed by atoms with E-state index in [4.69, 9.17) is 9.47 Å². The van der Waals surface area contributed by atoms with Crippen molar-refractivity contribution in [2.45, 2.75) is 46.3 Å². The number of carbonyl (C=O) groups is 1. The molecule has 0 bridgehead atoms. The van der Waals surface area contributed by atoms with E-state index in [1.807, 2.05) is 34.6 Å². The zero-order valence-electron chi connectivity index (χ0n) is 11.6. The van der Waals surface area contributed by atoms with E-state index in [1.165, 1.54) is 0 Å². The monoisotopic (exact) mass is 243 g/mol. The molecule has 0 spiro atoms. The SMILES string of the molecule is CC(C)C(COC1CNC1)C(=O)OC(C)(C)C. The van der Waals surface area contributed by atoms with E-state index in [2.05, 4.69) is 5.32 Å². The smallest absolute Gasteiger partial charge is 0.312 e. The zero-order valence-corrected chi connectivity index (χ0v) is 11.6. The van der Waals surface area contributed by atoms with Gasteiger partial charge in [0.1, 0.15) is 5.60 Å². The molecule has 100 valence electrons. The minimum atomic E-state index is -0.428. The maximum Gasteiger partial charge on any atom is 0.312 e. The summed E-state index contributed by atoms with van der Waals surface area (Å²) in [4.78, 5) is 12.0. The van der Waals surface area contributed by atoms with Gasteiger partial charge in [0.25, 0.3) is 0 Å². The lowest BCUT2D eigenvalue weighted by Crippen LogP contribution is -2.49. The van der Waals surface area contributed by atoms with Crippen LogP contribution in [0, 0.1) is 11.8 Å². The van der Waals surface area contributed by atoms with Crippen LogP contribution in [-0.4, -0.2) is 37.4 Å². The van der Waals surface area contributed by atoms with Gasteiger partial charge in [0.2, 0.25) is 0 Å². The molecule has 1 fully saturated rings. The summed E-state index contributed by atoms with van der Waals surface area (Å²) in [7, 11) is 0. The largest absolute Gasteiger partial charge is 0.460 e. The van der Waals surface area contributed by atoms with Crippen LogP contribution in [0.15, 0.2) is 0 Å². The van der Waals surface area contributed by atoms with Crippen molar-refractivity contribution in [2.75, 3.05) is 19.7 Å². The fourth-order valence-corrected chi connectivity index (χ4v) is 1.53. The van der Waals surface area contributed by atoms with Crippen molar-refractivity contribution in [2.24, 2.45) is 11.8 Å². The lowest BCUT2D eigenvalue weighted by atomic mass is 9.96. The summed E-state index contributed by atoms with van der Waals surface area (Å²) >= 11 is 0. The van der Waals surface area contributed by atoms with Gasteiger partial charge in [0.05, 0.1) is 18.6 Å². The molecular weight excluding hydrogens is 218 g/mol. The highest BCUT2D eigenvalue weighted by Crippen LogP contribution is 2.19. The molecule has 1 atom stereocenters. The molecule has 0 aliphatic carbocycles. The molecule has 0 aromatic rings. The molecule has 4 nitrogen and oxygen atoms in total. The minimum Gasteiger partial charge on any atom is -0.460 e. The molecule has 1 saturated heterocycles. The van der Waals surface area contributed by atoms with Gasteiger partial charge in [-0.25, -0.2) is 0 Å². The van der Waals surface area contributed by atoms with Crippen LogP contribution in [0.2, 0.25) is 0 Å². The molecule has 4 heteroatoms. The molecule has 0 amide bonds. The Hall–Kier alpha value is -0.610. The molecule has 17 heavy (non-hydrogen) atoms. The molecule has 1 rings (SSSR count). The van der Waals surface area contributed by atoms with E-state index in [0.717, 1.165) is 13.1 Å². The number of esters is 1. The van der Waals surface area contributed by atoms with E-state index in [1.54, 1.807) is 0 Å². The second-order valence-electron chi connectivity index (χ2n) is 6.00. The third kappa shape index (κ3) is 5.04. The predicted molar refractivity (Wildman–Crippen MR) is 66.8 cm³/mol. The molecule has 0 radical (unpaired) electrons. The van der Waals surface area contributed by atoms with Gasteiger partial charge in [0, 0.05) is 13.1 Å². The van der Waals surface area contributed by atoms with Crippen LogP contribution < -0.4 is 5.32 Å². The standard InChI is InChI=1S/C13H25NO3/c1-9(2)11(8-16-10-6-14-7-10)12(15)17-13(3,4)5/h9-11,14H,6-8H2,1-5H3. The minimum absolute atomic E-state index is 0.153. The van der Waals surface area contributed by atoms with Crippen molar-refractivity contribution in [3.63, 3.8) is 0 Å². The maximum absolute atomic E-state index is 12.0. The molecule has 1 unspecified atom stereocenters. The fourth-order valence-electron chi connectivity index (χ4n) is 1.53. The summed E-state index contributed by atoms with van der Waals surface area (Å²) in [5.74, 6) is -0.0903. The summed E-state index contributed by atoms with van der Waals surface area (Å²) in [6, 6.07) is 0. The van der Waals surface area contributed by atoms with Crippen molar-refractivity contribution in [3.8, 4) is 0 Å². The highest BCUT2D eigenvalue weighted by molar-refractivity contribution is 5.73. The van der Waals surface area contributed by atoms with Crippen LogP contribution in [0.25, 0.3) is 0 Å². The van der Waals surface area contributed by atoms with Crippen molar-refractivity contribution in [1.29, 1.82) is 0 Å². The Kier molecular flexibility index (Phi) is 4.95. The summed E-state index contributed by atoms with van der Waals surface area (Å²) < 4.78 is 11.1. The van der Waals surface area contributed by atoms with Gasteiger partial charge in [-0.15, -0.1) is 0 Å². The van der Waals surface area contributed by atoms with Crippen molar-refractivity contribution >= 4 is 5.97 Å². The van der Waals surface area contributed by atoms with E-state index in [0.29, 0.717) is 6.61 Å². The summed E-state index contributed by atoms with van der Waals surface area (Å²) in [6.45, 7) is 11.9. The van der Waals surface area contributed by atoms with Gasteiger partial charge in [-0.1, -0.05) is 13.8 Å². The second-order valence-corrected chi connectivity index (χ2v) is 6.00. The highest BCUT2D eigenvalue weighted by Gasteiger charge is 2.29. The van der Waals surface area contributed by atoms with E-state index in [9.17, 15) is 4.79 Å². The van der Waals surface area contributed by atoms with Crippen molar-refractivity contribution in [3.05, 3.63) is 0 Å². The van der Waals surface area contributed by atoms with E-state index >= 15 is 0 Å². The van der Waals surface area contributed by atoms with Gasteiger partial charge in [-0.3, -0.25) is 4.79 Å². The van der Waals surface area contributed by atoms with Crippen LogP contribution in [0.5, 0.6) is 0 Å². The average Bonchev–Trinajstić information content (AvgIpc) is 2.04. The molecular formula is C13H25NO3. The van der Waals surface area contributed by atoms with Crippen molar-refractivity contribution in [1.82, 2.24) is 5.32 Å². The third-order valence-electron chi connectivity index (χ3n) is 2.77. The number of nitrogens with one attached hydrogen (secondary N) is 1. The number of ether oxygens (including phenoxy) is 2. The first-order chi connectivity index (χ1) is 7.79. The van der Waals surface area contributed by atoms with Crippen LogP contribution in [-0.2, 0) is 14.3 Å². The Morgan fingerprint density at radius 3 is 2.29 bits per heavy atom. The zero-order chi connectivity index (χ0) is 13.1. The number of rotatable bonds is 5. The van der Waals surface area contributed by atoms with Gasteiger partial charge in [0.15, 0.2) is 0 Å². The quantitative estimate of drug-likeness (QED) is 0.745. The predicted octanol–water partition coefficient (Wildman–Crippen LogP) is 1.59. The number of hydrogen-bond donors (Lipinski definition) is 1. The molecule has 1 N–H and O–H groups in total. The fraction of sp³-hybridized carbons (Fsp3) is 0.923. The van der Waals surface area contributed by atoms with Gasteiger partial charge in [-0.2, -0.15) is 0 Å². The maximum atomic E-state index is 12.0. The third-order valence-corrected chi connectivity index (χ3v) is 2.77. The van der Waals surface area contributed by atoms with Gasteiger partial charge in [-0.05, 0) is 26.7 Å². The number of carbonyl (C=O) groups excluding carboxylic acids is 1. The molecule has 0 saturated carbocycles. The van der Waals surface area contributed by atoms with E-state index < -0.39 is 5.60 Å². The first-order valence-corrected chi connectivity index (χ1v) is 6.35. The number of hydrogen-bond acceptors (Lipinski definition) is 4. The lowest BCUT2D eigenvalue weighted by molar-refractivity contribution is -0.165. The second kappa shape index (κ2) is 5.83. The highest BCUT2D eigenvalue weighted by atomic mass is 16.6. The Morgan fingerprint density at radius 1 is 1.35 bits per heavy atom. The van der Waals surface area contributed by atoms with Crippen LogP contribution in [0.1, 0.15) is 34.6 Å². The van der Waals surface area contributed by atoms with Gasteiger partial charge >= 0.3 is 5.97 Å². The van der Waals surface area contributed by atoms with Crippen molar-refractivity contribution < 1.29 is 14.3 Å². The summed E-state index contributed by atoms with van der Waals surface area (Å²) in [6.07, 6.45) is 0.263. The first-order valence-electron chi connectivity index (χ1n) is 6.35. The van der Waals surface area contributed by atoms with E-state index in [-0.39, 0.29) is 23.9 Å². The van der Waals surface area contributed by atoms with Crippen LogP contribution in [0.3, 0.4) is 0 Å². The molecule has 1 heterocycles. The summed E-state index contributed by atoms with van der Waals surface area (Å²) in [5.41, 5.74) is -0.428. The summed E-state index contributed by atoms with van der Waals surface area (Å²) in [5, 5.41) is 3.14. The average molecular weight is 243 g/mol. The van der Waals surface area contributed by atoms with Crippen LogP contribution in [0.4, 0.5) is 0 Å². The first kappa shape index (κ1) is 14.5.